The number of amides is 1. The van der Waals surface area contributed by atoms with Crippen LogP contribution in [-0.4, -0.2) is 28.3 Å². The normalized spacial score (nSPS) is 16.4. The molecule has 0 aliphatic heterocycles. The number of aryl methyl sites for hydroxylation is 1. The van der Waals surface area contributed by atoms with Gasteiger partial charge in [-0.3, -0.25) is 9.48 Å². The highest BCUT2D eigenvalue weighted by molar-refractivity contribution is 5.84. The molecule has 1 aromatic rings. The highest BCUT2D eigenvalue weighted by Gasteiger charge is 2.13. The van der Waals surface area contributed by atoms with E-state index < -0.39 is 0 Å². The number of allylic oxidation sites excluding steroid dienone is 1. The summed E-state index contributed by atoms with van der Waals surface area (Å²) in [6.07, 6.45) is 11.9. The summed E-state index contributed by atoms with van der Waals surface area (Å²) in [7, 11) is 1.85. The third-order valence-electron chi connectivity index (χ3n) is 3.61. The molecule has 1 amide bonds. The summed E-state index contributed by atoms with van der Waals surface area (Å²) in [6.45, 7) is 2.59. The second-order valence-corrected chi connectivity index (χ2v) is 5.42. The van der Waals surface area contributed by atoms with E-state index in [0.29, 0.717) is 0 Å². The fourth-order valence-corrected chi connectivity index (χ4v) is 2.44. The number of rotatable bonds is 6. The van der Waals surface area contributed by atoms with E-state index in [9.17, 15) is 4.79 Å². The standard InChI is InChI=1S/C15H24N4O/c1-12(18-14-10-17-19(2)11-14)15(20)16-9-8-13-6-4-3-5-7-13/h6,10-12,18H,3-5,7-9H2,1-2H3,(H,16,20)/t12-/m1/s1. The molecule has 0 bridgehead atoms. The van der Waals surface area contributed by atoms with Gasteiger partial charge in [-0.1, -0.05) is 11.6 Å². The molecule has 0 saturated heterocycles. The van der Waals surface area contributed by atoms with E-state index in [0.717, 1.165) is 18.7 Å². The molecule has 20 heavy (non-hydrogen) atoms. The van der Waals surface area contributed by atoms with E-state index in [1.807, 2.05) is 20.2 Å². The summed E-state index contributed by atoms with van der Waals surface area (Å²) < 4.78 is 1.71. The maximum atomic E-state index is 12.0. The lowest BCUT2D eigenvalue weighted by atomic mass is 9.97. The zero-order valence-electron chi connectivity index (χ0n) is 12.4. The van der Waals surface area contributed by atoms with Crippen molar-refractivity contribution in [3.05, 3.63) is 24.0 Å². The second-order valence-electron chi connectivity index (χ2n) is 5.42. The Balaban J connectivity index is 1.69. The predicted octanol–water partition coefficient (Wildman–Crippen LogP) is 2.23. The first-order valence-corrected chi connectivity index (χ1v) is 7.36. The second kappa shape index (κ2) is 7.12. The van der Waals surface area contributed by atoms with Crippen LogP contribution < -0.4 is 10.6 Å². The molecule has 5 nitrogen and oxygen atoms in total. The first kappa shape index (κ1) is 14.6. The average molecular weight is 276 g/mol. The Kier molecular flexibility index (Phi) is 5.21. The van der Waals surface area contributed by atoms with E-state index in [4.69, 9.17) is 0 Å². The minimum atomic E-state index is -0.250. The number of carbonyl (C=O) groups excluding carboxylic acids is 1. The molecule has 0 saturated carbocycles. The summed E-state index contributed by atoms with van der Waals surface area (Å²) in [5, 5.41) is 10.2. The molecule has 1 aromatic heterocycles. The minimum absolute atomic E-state index is 0.0327. The summed E-state index contributed by atoms with van der Waals surface area (Å²) in [5.74, 6) is 0.0327. The van der Waals surface area contributed by atoms with Crippen molar-refractivity contribution < 1.29 is 4.79 Å². The molecule has 0 unspecified atom stereocenters. The average Bonchev–Trinajstić information content (AvgIpc) is 2.85. The molecule has 0 spiro atoms. The number of nitrogens with one attached hydrogen (secondary N) is 2. The van der Waals surface area contributed by atoms with Crippen LogP contribution in [0.3, 0.4) is 0 Å². The molecule has 0 aromatic carbocycles. The van der Waals surface area contributed by atoms with Gasteiger partial charge in [-0.05, 0) is 39.0 Å². The van der Waals surface area contributed by atoms with Gasteiger partial charge in [0.05, 0.1) is 11.9 Å². The third kappa shape index (κ3) is 4.40. The van der Waals surface area contributed by atoms with E-state index in [2.05, 4.69) is 21.8 Å². The van der Waals surface area contributed by atoms with Crippen LogP contribution in [0, 0.1) is 0 Å². The van der Waals surface area contributed by atoms with Gasteiger partial charge in [-0.15, -0.1) is 0 Å². The van der Waals surface area contributed by atoms with Crippen molar-refractivity contribution in [2.75, 3.05) is 11.9 Å². The maximum Gasteiger partial charge on any atom is 0.242 e. The van der Waals surface area contributed by atoms with Crippen molar-refractivity contribution in [1.29, 1.82) is 0 Å². The predicted molar refractivity (Wildman–Crippen MR) is 80.5 cm³/mol. The Hall–Kier alpha value is -1.78. The van der Waals surface area contributed by atoms with Crippen LogP contribution in [0.4, 0.5) is 5.69 Å². The van der Waals surface area contributed by atoms with Crippen LogP contribution in [-0.2, 0) is 11.8 Å². The van der Waals surface area contributed by atoms with Gasteiger partial charge in [-0.25, -0.2) is 0 Å². The van der Waals surface area contributed by atoms with Crippen molar-refractivity contribution in [2.45, 2.75) is 45.1 Å². The molecule has 0 fully saturated rings. The Morgan fingerprint density at radius 3 is 3.00 bits per heavy atom. The van der Waals surface area contributed by atoms with Gasteiger partial charge in [0.1, 0.15) is 6.04 Å². The molecule has 0 radical (unpaired) electrons. The van der Waals surface area contributed by atoms with Gasteiger partial charge in [0.15, 0.2) is 0 Å². The summed E-state index contributed by atoms with van der Waals surface area (Å²) >= 11 is 0. The molecule has 1 aliphatic carbocycles. The Morgan fingerprint density at radius 1 is 1.50 bits per heavy atom. The van der Waals surface area contributed by atoms with Gasteiger partial charge in [0, 0.05) is 19.8 Å². The molecular formula is C15H24N4O. The number of carbonyl (C=O) groups is 1. The topological polar surface area (TPSA) is 59.0 Å². The van der Waals surface area contributed by atoms with Gasteiger partial charge in [0.2, 0.25) is 5.91 Å². The number of nitrogens with zero attached hydrogens (tertiary/aromatic N) is 2. The van der Waals surface area contributed by atoms with Crippen LogP contribution in [0.5, 0.6) is 0 Å². The van der Waals surface area contributed by atoms with E-state index in [1.165, 1.54) is 31.3 Å². The zero-order chi connectivity index (χ0) is 14.4. The van der Waals surface area contributed by atoms with Crippen LogP contribution in [0.15, 0.2) is 24.0 Å². The Labute approximate surface area is 120 Å². The molecule has 1 atom stereocenters. The van der Waals surface area contributed by atoms with E-state index in [-0.39, 0.29) is 11.9 Å². The summed E-state index contributed by atoms with van der Waals surface area (Å²) in [5.41, 5.74) is 2.36. The number of aromatic nitrogens is 2. The molecule has 5 heteroatoms. The number of anilines is 1. The highest BCUT2D eigenvalue weighted by Crippen LogP contribution is 2.19. The molecule has 1 aliphatic rings. The summed E-state index contributed by atoms with van der Waals surface area (Å²) in [6, 6.07) is -0.250. The third-order valence-corrected chi connectivity index (χ3v) is 3.61. The highest BCUT2D eigenvalue weighted by atomic mass is 16.2. The molecule has 1 heterocycles. The number of hydrogen-bond acceptors (Lipinski definition) is 3. The Bertz CT molecular complexity index is 478. The first-order chi connectivity index (χ1) is 9.65. The molecule has 2 N–H and O–H groups in total. The smallest absolute Gasteiger partial charge is 0.242 e. The van der Waals surface area contributed by atoms with Crippen molar-refractivity contribution in [3.8, 4) is 0 Å². The lowest BCUT2D eigenvalue weighted by molar-refractivity contribution is -0.121. The summed E-state index contributed by atoms with van der Waals surface area (Å²) in [4.78, 5) is 12.0. The van der Waals surface area contributed by atoms with Crippen molar-refractivity contribution in [2.24, 2.45) is 7.05 Å². The van der Waals surface area contributed by atoms with Gasteiger partial charge in [0.25, 0.3) is 0 Å². The quantitative estimate of drug-likeness (QED) is 0.783. The zero-order valence-corrected chi connectivity index (χ0v) is 12.4. The van der Waals surface area contributed by atoms with Gasteiger partial charge >= 0.3 is 0 Å². The fourth-order valence-electron chi connectivity index (χ4n) is 2.44. The number of hydrogen-bond donors (Lipinski definition) is 2. The molecule has 2 rings (SSSR count). The molecular weight excluding hydrogens is 252 g/mol. The van der Waals surface area contributed by atoms with Crippen LogP contribution in [0.2, 0.25) is 0 Å². The van der Waals surface area contributed by atoms with Gasteiger partial charge in [-0.2, -0.15) is 5.10 Å². The van der Waals surface area contributed by atoms with Gasteiger partial charge < -0.3 is 10.6 Å². The van der Waals surface area contributed by atoms with E-state index in [1.54, 1.807) is 10.9 Å². The van der Waals surface area contributed by atoms with Crippen molar-refractivity contribution in [3.63, 3.8) is 0 Å². The monoisotopic (exact) mass is 276 g/mol. The van der Waals surface area contributed by atoms with Crippen LogP contribution in [0.1, 0.15) is 39.0 Å². The van der Waals surface area contributed by atoms with Crippen molar-refractivity contribution >= 4 is 11.6 Å². The van der Waals surface area contributed by atoms with Crippen LogP contribution >= 0.6 is 0 Å². The maximum absolute atomic E-state index is 12.0. The Morgan fingerprint density at radius 2 is 2.35 bits per heavy atom. The van der Waals surface area contributed by atoms with E-state index >= 15 is 0 Å². The minimum Gasteiger partial charge on any atom is -0.371 e. The lowest BCUT2D eigenvalue weighted by Gasteiger charge is -2.16. The molecule has 110 valence electrons. The first-order valence-electron chi connectivity index (χ1n) is 7.36. The lowest BCUT2D eigenvalue weighted by Crippen LogP contribution is -2.38. The fraction of sp³-hybridized carbons (Fsp3) is 0.600. The SMILES string of the molecule is C[C@@H](Nc1cnn(C)c1)C(=O)NCCC1=CCCCC1. The van der Waals surface area contributed by atoms with Crippen molar-refractivity contribution in [1.82, 2.24) is 15.1 Å². The largest absolute Gasteiger partial charge is 0.371 e. The van der Waals surface area contributed by atoms with Crippen LogP contribution in [0.25, 0.3) is 0 Å².